The maximum atomic E-state index is 13.0. The van der Waals surface area contributed by atoms with Crippen molar-refractivity contribution in [3.63, 3.8) is 0 Å². The van der Waals surface area contributed by atoms with Crippen molar-refractivity contribution in [1.82, 2.24) is 0 Å². The van der Waals surface area contributed by atoms with E-state index in [0.717, 1.165) is 128 Å². The maximum Gasteiger partial charge on any atom is 0.361 e. The highest BCUT2D eigenvalue weighted by Gasteiger charge is 2.25. The summed E-state index contributed by atoms with van der Waals surface area (Å²) in [5.41, 5.74) is 0. The van der Waals surface area contributed by atoms with E-state index >= 15 is 0 Å². The van der Waals surface area contributed by atoms with Crippen LogP contribution in [-0.4, -0.2) is 87.4 Å². The molecule has 9 heteroatoms. The average molecular weight is 1320 g/mol. The number of unbranched alkanes of at least 4 members (excludes halogenated alkanes) is 26. The Bertz CT molecular complexity index is 2170. The zero-order chi connectivity index (χ0) is 69.0. The molecular weight excluding hydrogens is 1170 g/mol. The topological polar surface area (TPSA) is 108 Å². The summed E-state index contributed by atoms with van der Waals surface area (Å²) >= 11 is 0. The third-order valence-electron chi connectivity index (χ3n) is 16.0. The quantitative estimate of drug-likeness (QED) is 0.0211. The van der Waals surface area contributed by atoms with Gasteiger partial charge in [0.1, 0.15) is 13.2 Å². The molecule has 538 valence electrons. The van der Waals surface area contributed by atoms with Crippen LogP contribution in [0.2, 0.25) is 0 Å². The van der Waals surface area contributed by atoms with E-state index in [1.807, 2.05) is 21.1 Å². The maximum absolute atomic E-state index is 13.0. The Kier molecular flexibility index (Phi) is 70.2. The van der Waals surface area contributed by atoms with E-state index in [-0.39, 0.29) is 32.2 Å². The normalized spacial score (nSPS) is 13.7. The lowest BCUT2D eigenvalue weighted by molar-refractivity contribution is -0.870. The third kappa shape index (κ3) is 75.9. The Morgan fingerprint density at radius 1 is 0.326 bits per heavy atom. The summed E-state index contributed by atoms with van der Waals surface area (Å²) in [5, 5.41) is 9.76. The summed E-state index contributed by atoms with van der Waals surface area (Å²) in [6, 6.07) is 0. The number of carboxylic acids is 1. The fraction of sp³-hybridized carbons (Fsp3) is 0.640. The van der Waals surface area contributed by atoms with Gasteiger partial charge < -0.3 is 28.5 Å². The van der Waals surface area contributed by atoms with Gasteiger partial charge in [0.15, 0.2) is 6.10 Å². The van der Waals surface area contributed by atoms with Gasteiger partial charge in [0.25, 0.3) is 6.29 Å². The van der Waals surface area contributed by atoms with E-state index in [0.29, 0.717) is 23.9 Å². The van der Waals surface area contributed by atoms with Crippen LogP contribution in [0.1, 0.15) is 296 Å². The SMILES string of the molecule is CC/C=C\C/C=C\C/C=C\C/C=C\C/C=C\C/C=C\C/C=C\C/C=C\C/C=C\C/C=C\C/C=C\CCCCCCCCCC(=O)OC(COC(=O)CCCCCCCCCCCCCCCC/C=C\C/C=C\C/C=C\CCCCCCC)COC(OCC[N+](C)(C)C)C(=O)O. The average Bonchev–Trinajstić information content (AvgIpc) is 3.54. The number of hydrogen-bond donors (Lipinski definition) is 1. The number of allylic oxidation sites excluding steroid dienone is 28. The lowest BCUT2D eigenvalue weighted by atomic mass is 10.0. The molecular formula is C86H142NO8+. The lowest BCUT2D eigenvalue weighted by Crippen LogP contribution is -2.40. The first-order valence-electron chi connectivity index (χ1n) is 38.3. The molecule has 0 heterocycles. The van der Waals surface area contributed by atoms with E-state index in [2.05, 4.69) is 184 Å². The van der Waals surface area contributed by atoms with Crippen molar-refractivity contribution in [3.05, 3.63) is 170 Å². The molecule has 0 aliphatic heterocycles. The zero-order valence-corrected chi connectivity index (χ0v) is 61.5. The van der Waals surface area contributed by atoms with Gasteiger partial charge in [-0.2, -0.15) is 0 Å². The highest BCUT2D eigenvalue weighted by Crippen LogP contribution is 2.16. The van der Waals surface area contributed by atoms with Crippen molar-refractivity contribution in [2.24, 2.45) is 0 Å². The molecule has 0 aromatic heterocycles. The molecule has 0 fully saturated rings. The molecule has 0 aromatic rings. The van der Waals surface area contributed by atoms with Gasteiger partial charge in [0.2, 0.25) is 0 Å². The lowest BCUT2D eigenvalue weighted by Gasteiger charge is -2.25. The van der Waals surface area contributed by atoms with Crippen LogP contribution in [0.4, 0.5) is 0 Å². The minimum atomic E-state index is -1.52. The monoisotopic (exact) mass is 1320 g/mol. The summed E-state index contributed by atoms with van der Waals surface area (Å²) in [7, 11) is 5.97. The third-order valence-corrected chi connectivity index (χ3v) is 16.0. The van der Waals surface area contributed by atoms with Crippen molar-refractivity contribution in [2.45, 2.75) is 309 Å². The summed E-state index contributed by atoms with van der Waals surface area (Å²) < 4.78 is 23.0. The van der Waals surface area contributed by atoms with E-state index in [1.165, 1.54) is 135 Å². The number of carboxylic acid groups (broad SMARTS) is 1. The minimum absolute atomic E-state index is 0.177. The number of quaternary nitrogens is 1. The van der Waals surface area contributed by atoms with Crippen molar-refractivity contribution in [1.29, 1.82) is 0 Å². The first-order chi connectivity index (χ1) is 46.6. The molecule has 0 amide bonds. The number of esters is 2. The number of rotatable bonds is 69. The highest BCUT2D eigenvalue weighted by molar-refractivity contribution is 5.71. The van der Waals surface area contributed by atoms with Crippen LogP contribution in [0.3, 0.4) is 0 Å². The summed E-state index contributed by atoms with van der Waals surface area (Å²) in [6.07, 6.45) is 109. The molecule has 0 saturated carbocycles. The van der Waals surface area contributed by atoms with E-state index < -0.39 is 24.3 Å². The van der Waals surface area contributed by atoms with Gasteiger partial charge in [-0.1, -0.05) is 319 Å². The van der Waals surface area contributed by atoms with Gasteiger partial charge in [0, 0.05) is 12.8 Å². The molecule has 2 atom stereocenters. The van der Waals surface area contributed by atoms with Crippen molar-refractivity contribution in [2.75, 3.05) is 47.5 Å². The molecule has 2 unspecified atom stereocenters. The number of hydrogen-bond acceptors (Lipinski definition) is 7. The van der Waals surface area contributed by atoms with E-state index in [9.17, 15) is 19.5 Å². The fourth-order valence-corrected chi connectivity index (χ4v) is 10.1. The molecule has 0 aliphatic carbocycles. The molecule has 95 heavy (non-hydrogen) atoms. The fourth-order valence-electron chi connectivity index (χ4n) is 10.1. The number of aliphatic carboxylic acids is 1. The van der Waals surface area contributed by atoms with Gasteiger partial charge in [-0.15, -0.1) is 0 Å². The molecule has 0 aliphatic rings. The Balaban J connectivity index is 4.17. The highest BCUT2D eigenvalue weighted by atomic mass is 16.7. The molecule has 0 aromatic carbocycles. The Hall–Kier alpha value is -5.35. The number of carbonyl (C=O) groups is 3. The minimum Gasteiger partial charge on any atom is -0.477 e. The van der Waals surface area contributed by atoms with Crippen LogP contribution in [0.5, 0.6) is 0 Å². The molecule has 0 saturated heterocycles. The van der Waals surface area contributed by atoms with Gasteiger partial charge in [-0.25, -0.2) is 4.79 Å². The second-order valence-electron chi connectivity index (χ2n) is 26.2. The summed E-state index contributed by atoms with van der Waals surface area (Å²) in [5.74, 6) is -2.03. The van der Waals surface area contributed by atoms with Crippen LogP contribution in [-0.2, 0) is 33.3 Å². The predicted octanol–water partition coefficient (Wildman–Crippen LogP) is 24.6. The van der Waals surface area contributed by atoms with E-state index in [1.54, 1.807) is 0 Å². The van der Waals surface area contributed by atoms with Crippen LogP contribution >= 0.6 is 0 Å². The van der Waals surface area contributed by atoms with Gasteiger partial charge in [-0.3, -0.25) is 9.59 Å². The van der Waals surface area contributed by atoms with Crippen LogP contribution < -0.4 is 0 Å². The molecule has 9 nitrogen and oxygen atoms in total. The second kappa shape index (κ2) is 74.4. The van der Waals surface area contributed by atoms with Crippen LogP contribution in [0, 0.1) is 0 Å². The van der Waals surface area contributed by atoms with Crippen LogP contribution in [0.15, 0.2) is 170 Å². The van der Waals surface area contributed by atoms with Gasteiger partial charge >= 0.3 is 17.9 Å². The smallest absolute Gasteiger partial charge is 0.361 e. The standard InChI is InChI=1S/C86H141NO8/c1-6-8-10-12-14-16-18-20-22-24-26-28-30-32-34-36-37-38-39-40-41-42-43-44-45-46-47-49-51-53-55-57-59-61-63-65-67-69-71-73-75-77-84(89)95-82(81-94-86(85(90)91)92-79-78-87(3,4)5)80-93-83(88)76-74-72-70-68-66-64-62-60-58-56-54-52-50-48-35-33-31-29-27-25-23-21-19-17-15-13-11-9-7-2/h8,10,14,16,19-22,25-28,31-34,37-38,40-41,43-44,46-47,51,53,57,59,82,86H,6-7,9,11-13,15,17-18,23-24,29-30,35-36,39,42,45,48-50,52,54-56,58,60-81H2,1-5H3/p+1/b10-8-,16-14-,21-19-,22-20-,27-25-,28-26-,33-31-,34-32-,38-37-,41-40-,44-43-,47-46-,53-51-,59-57-. The molecule has 1 N–H and O–H groups in total. The van der Waals surface area contributed by atoms with Crippen LogP contribution in [0.25, 0.3) is 0 Å². The Morgan fingerprint density at radius 2 is 0.600 bits per heavy atom. The van der Waals surface area contributed by atoms with Gasteiger partial charge in [0.05, 0.1) is 34.4 Å². The number of nitrogens with zero attached hydrogens (tertiary/aromatic N) is 1. The molecule has 0 bridgehead atoms. The Morgan fingerprint density at radius 3 is 0.895 bits per heavy atom. The number of carbonyl (C=O) groups excluding carboxylic acids is 2. The zero-order valence-electron chi connectivity index (χ0n) is 61.5. The van der Waals surface area contributed by atoms with Gasteiger partial charge in [-0.05, 0) is 135 Å². The number of likely N-dealkylation sites (N-methyl/N-ethyl adjacent to an activating group) is 1. The van der Waals surface area contributed by atoms with Crippen molar-refractivity contribution in [3.8, 4) is 0 Å². The molecule has 0 rings (SSSR count). The van der Waals surface area contributed by atoms with Crippen molar-refractivity contribution >= 4 is 17.9 Å². The summed E-state index contributed by atoms with van der Waals surface area (Å²) in [4.78, 5) is 37.7. The van der Waals surface area contributed by atoms with E-state index in [4.69, 9.17) is 18.9 Å². The first kappa shape index (κ1) is 89.6. The Labute approximate surface area is 584 Å². The largest absolute Gasteiger partial charge is 0.477 e. The number of ether oxygens (including phenoxy) is 4. The first-order valence-corrected chi connectivity index (χ1v) is 38.3. The molecule has 0 spiro atoms. The summed E-state index contributed by atoms with van der Waals surface area (Å²) in [6.45, 7) is 4.74. The second-order valence-corrected chi connectivity index (χ2v) is 26.2. The molecule has 0 radical (unpaired) electrons. The van der Waals surface area contributed by atoms with Crippen molar-refractivity contribution < 1.29 is 42.9 Å². The predicted molar refractivity (Wildman–Crippen MR) is 410 cm³/mol.